The number of nitrogens with two attached hydrogens (primary N) is 1. The summed E-state index contributed by atoms with van der Waals surface area (Å²) in [5.74, 6) is -0.160. The van der Waals surface area contributed by atoms with Gasteiger partial charge in [-0.2, -0.15) is 0 Å². The minimum atomic E-state index is -0.160. The fourth-order valence-corrected chi connectivity index (χ4v) is 3.50. The lowest BCUT2D eigenvalue weighted by Gasteiger charge is -2.06. The Morgan fingerprint density at radius 2 is 1.64 bits per heavy atom. The molecule has 0 aliphatic carbocycles. The van der Waals surface area contributed by atoms with E-state index in [1.54, 1.807) is 35.6 Å². The van der Waals surface area contributed by atoms with Gasteiger partial charge in [-0.1, -0.05) is 12.1 Å². The van der Waals surface area contributed by atoms with Crippen molar-refractivity contribution in [2.75, 3.05) is 11.1 Å². The number of para-hydroxylation sites is 1. The third-order valence-electron chi connectivity index (χ3n) is 3.86. The minimum absolute atomic E-state index is 0.160. The topological polar surface area (TPSA) is 68.0 Å². The van der Waals surface area contributed by atoms with E-state index in [4.69, 9.17) is 5.73 Å². The second-order valence-corrected chi connectivity index (χ2v) is 6.67. The summed E-state index contributed by atoms with van der Waals surface area (Å²) < 4.78 is 1.17. The van der Waals surface area contributed by atoms with Gasteiger partial charge in [0.1, 0.15) is 5.01 Å². The number of hydrogen-bond acceptors (Lipinski definition) is 4. The molecule has 0 fully saturated rings. The normalized spacial score (nSPS) is 10.7. The number of thiazole rings is 1. The molecule has 4 nitrogen and oxygen atoms in total. The fraction of sp³-hybridized carbons (Fsp3) is 0. The predicted molar refractivity (Wildman–Crippen MR) is 104 cm³/mol. The van der Waals surface area contributed by atoms with Gasteiger partial charge in [-0.15, -0.1) is 11.3 Å². The maximum Gasteiger partial charge on any atom is 0.255 e. The van der Waals surface area contributed by atoms with E-state index >= 15 is 0 Å². The van der Waals surface area contributed by atoms with Crippen LogP contribution in [0.5, 0.6) is 0 Å². The van der Waals surface area contributed by atoms with Crippen molar-refractivity contribution in [2.45, 2.75) is 0 Å². The molecule has 0 radical (unpaired) electrons. The van der Waals surface area contributed by atoms with Gasteiger partial charge in [-0.25, -0.2) is 4.98 Å². The van der Waals surface area contributed by atoms with Crippen molar-refractivity contribution in [1.82, 2.24) is 4.98 Å². The fourth-order valence-electron chi connectivity index (χ4n) is 2.53. The quantitative estimate of drug-likeness (QED) is 0.524. The number of benzene rings is 3. The van der Waals surface area contributed by atoms with Crippen LogP contribution in [0.15, 0.2) is 72.8 Å². The smallest absolute Gasteiger partial charge is 0.255 e. The molecule has 4 rings (SSSR count). The molecule has 122 valence electrons. The van der Waals surface area contributed by atoms with E-state index in [0.29, 0.717) is 11.3 Å². The molecule has 1 aromatic heterocycles. The summed E-state index contributed by atoms with van der Waals surface area (Å²) in [5.41, 5.74) is 9.63. The van der Waals surface area contributed by atoms with Gasteiger partial charge in [0, 0.05) is 22.5 Å². The highest BCUT2D eigenvalue weighted by molar-refractivity contribution is 7.21. The number of hydrogen-bond donors (Lipinski definition) is 2. The summed E-state index contributed by atoms with van der Waals surface area (Å²) >= 11 is 1.66. The molecule has 0 aliphatic rings. The average Bonchev–Trinajstić information content (AvgIpc) is 3.07. The van der Waals surface area contributed by atoms with Crippen LogP contribution in [0.25, 0.3) is 20.8 Å². The molecule has 4 aromatic rings. The Morgan fingerprint density at radius 1 is 0.920 bits per heavy atom. The van der Waals surface area contributed by atoms with Crippen molar-refractivity contribution >= 4 is 38.8 Å². The molecule has 0 bridgehead atoms. The van der Waals surface area contributed by atoms with Gasteiger partial charge < -0.3 is 11.1 Å². The number of nitrogen functional groups attached to an aromatic ring is 1. The monoisotopic (exact) mass is 345 g/mol. The molecule has 0 saturated carbocycles. The SMILES string of the molecule is Nc1ccc(C(=O)Nc2ccc(-c3nc4ccccc4s3)cc2)cc1. The number of nitrogens with zero attached hydrogens (tertiary/aromatic N) is 1. The van der Waals surface area contributed by atoms with Crippen LogP contribution in [0.1, 0.15) is 10.4 Å². The molecule has 3 aromatic carbocycles. The van der Waals surface area contributed by atoms with Crippen LogP contribution < -0.4 is 11.1 Å². The zero-order valence-corrected chi connectivity index (χ0v) is 14.1. The van der Waals surface area contributed by atoms with E-state index in [0.717, 1.165) is 21.8 Å². The van der Waals surface area contributed by atoms with E-state index in [9.17, 15) is 4.79 Å². The van der Waals surface area contributed by atoms with Crippen LogP contribution in [0.3, 0.4) is 0 Å². The molecule has 0 aliphatic heterocycles. The van der Waals surface area contributed by atoms with Crippen LogP contribution in [0.2, 0.25) is 0 Å². The number of amides is 1. The van der Waals surface area contributed by atoms with Gasteiger partial charge in [0.05, 0.1) is 10.2 Å². The molecule has 0 spiro atoms. The molecule has 0 saturated heterocycles. The molecule has 0 unspecified atom stereocenters. The Bertz CT molecular complexity index is 1000. The lowest BCUT2D eigenvalue weighted by atomic mass is 10.1. The summed E-state index contributed by atoms with van der Waals surface area (Å²) in [6, 6.07) is 22.6. The van der Waals surface area contributed by atoms with Crippen molar-refractivity contribution in [3.8, 4) is 10.6 Å². The highest BCUT2D eigenvalue weighted by Crippen LogP contribution is 2.30. The van der Waals surface area contributed by atoms with Crippen LogP contribution in [0.4, 0.5) is 11.4 Å². The summed E-state index contributed by atoms with van der Waals surface area (Å²) in [7, 11) is 0. The van der Waals surface area contributed by atoms with E-state index < -0.39 is 0 Å². The summed E-state index contributed by atoms with van der Waals surface area (Å²) in [6.45, 7) is 0. The van der Waals surface area contributed by atoms with Gasteiger partial charge >= 0.3 is 0 Å². The number of anilines is 2. The van der Waals surface area contributed by atoms with Crippen molar-refractivity contribution in [3.63, 3.8) is 0 Å². The number of fused-ring (bicyclic) bond motifs is 1. The zero-order valence-electron chi connectivity index (χ0n) is 13.3. The summed E-state index contributed by atoms with van der Waals surface area (Å²) in [5, 5.41) is 3.86. The third kappa shape index (κ3) is 3.22. The first kappa shape index (κ1) is 15.4. The van der Waals surface area contributed by atoms with E-state index in [-0.39, 0.29) is 5.91 Å². The first-order valence-electron chi connectivity index (χ1n) is 7.82. The average molecular weight is 345 g/mol. The van der Waals surface area contributed by atoms with Crippen molar-refractivity contribution in [3.05, 3.63) is 78.4 Å². The van der Waals surface area contributed by atoms with E-state index in [2.05, 4.69) is 16.4 Å². The molecule has 1 heterocycles. The van der Waals surface area contributed by atoms with Gasteiger partial charge in [0.15, 0.2) is 0 Å². The molecular formula is C20H15N3OS. The Morgan fingerprint density at radius 3 is 2.36 bits per heavy atom. The number of carbonyl (C=O) groups excluding carboxylic acids is 1. The largest absolute Gasteiger partial charge is 0.399 e. The Labute approximate surface area is 149 Å². The molecule has 25 heavy (non-hydrogen) atoms. The predicted octanol–water partition coefficient (Wildman–Crippen LogP) is 4.80. The molecule has 1 amide bonds. The number of carbonyl (C=O) groups is 1. The van der Waals surface area contributed by atoms with Crippen LogP contribution in [0, 0.1) is 0 Å². The van der Waals surface area contributed by atoms with Crippen LogP contribution >= 0.6 is 11.3 Å². The highest BCUT2D eigenvalue weighted by Gasteiger charge is 2.08. The number of rotatable bonds is 3. The molecular weight excluding hydrogens is 330 g/mol. The van der Waals surface area contributed by atoms with Crippen molar-refractivity contribution in [2.24, 2.45) is 0 Å². The maximum atomic E-state index is 12.2. The second kappa shape index (κ2) is 6.37. The maximum absolute atomic E-state index is 12.2. The number of aromatic nitrogens is 1. The van der Waals surface area contributed by atoms with Crippen molar-refractivity contribution < 1.29 is 4.79 Å². The molecule has 3 N–H and O–H groups in total. The third-order valence-corrected chi connectivity index (χ3v) is 4.94. The zero-order chi connectivity index (χ0) is 17.2. The molecule has 5 heteroatoms. The van der Waals surface area contributed by atoms with E-state index in [1.807, 2.05) is 42.5 Å². The Balaban J connectivity index is 1.53. The van der Waals surface area contributed by atoms with Gasteiger partial charge in [-0.05, 0) is 60.7 Å². The lowest BCUT2D eigenvalue weighted by Crippen LogP contribution is -2.11. The summed E-state index contributed by atoms with van der Waals surface area (Å²) in [6.07, 6.45) is 0. The van der Waals surface area contributed by atoms with Gasteiger partial charge in [0.25, 0.3) is 5.91 Å². The van der Waals surface area contributed by atoms with E-state index in [1.165, 1.54) is 4.70 Å². The van der Waals surface area contributed by atoms with Gasteiger partial charge in [0.2, 0.25) is 0 Å². The Hall–Kier alpha value is -3.18. The van der Waals surface area contributed by atoms with Gasteiger partial charge in [-0.3, -0.25) is 4.79 Å². The summed E-state index contributed by atoms with van der Waals surface area (Å²) in [4.78, 5) is 16.9. The minimum Gasteiger partial charge on any atom is -0.399 e. The first-order chi connectivity index (χ1) is 12.2. The lowest BCUT2D eigenvalue weighted by molar-refractivity contribution is 0.102. The number of nitrogens with one attached hydrogen (secondary N) is 1. The highest BCUT2D eigenvalue weighted by atomic mass is 32.1. The standard InChI is InChI=1S/C20H15N3OS/c21-15-9-5-13(6-10-15)19(24)22-16-11-7-14(8-12-16)20-23-17-3-1-2-4-18(17)25-20/h1-12H,21H2,(H,22,24). The van der Waals surface area contributed by atoms with Crippen LogP contribution in [-0.2, 0) is 0 Å². The molecule has 0 atom stereocenters. The first-order valence-corrected chi connectivity index (χ1v) is 8.63. The van der Waals surface area contributed by atoms with Crippen LogP contribution in [-0.4, -0.2) is 10.9 Å². The second-order valence-electron chi connectivity index (χ2n) is 5.64. The van der Waals surface area contributed by atoms with Crippen molar-refractivity contribution in [1.29, 1.82) is 0 Å². The Kier molecular flexibility index (Phi) is 3.91.